The zero-order valence-corrected chi connectivity index (χ0v) is 19.8. The van der Waals surface area contributed by atoms with Crippen LogP contribution in [-0.4, -0.2) is 34.0 Å². The molecule has 9 nitrogen and oxygen atoms in total. The van der Waals surface area contributed by atoms with E-state index in [1.54, 1.807) is 6.92 Å². The quantitative estimate of drug-likeness (QED) is 0.313. The van der Waals surface area contributed by atoms with Gasteiger partial charge in [0.2, 0.25) is 12.5 Å². The number of hydrogen-bond donors (Lipinski definition) is 2. The second kappa shape index (κ2) is 11.0. The van der Waals surface area contributed by atoms with Gasteiger partial charge in [0.25, 0.3) is 5.70 Å². The average molecular weight is 482 g/mol. The number of benzene rings is 1. The van der Waals surface area contributed by atoms with Crippen LogP contribution in [0.5, 0.6) is 0 Å². The summed E-state index contributed by atoms with van der Waals surface area (Å²) in [6.45, 7) is 1.52. The average Bonchev–Trinajstić information content (AvgIpc) is 2.84. The van der Waals surface area contributed by atoms with Crippen LogP contribution < -0.4 is 5.32 Å². The molecule has 1 aromatic rings. The number of fused-ring (bicyclic) bond motifs is 3. The molecule has 0 radical (unpaired) electrons. The predicted molar refractivity (Wildman–Crippen MR) is 132 cm³/mol. The van der Waals surface area contributed by atoms with Crippen LogP contribution in [0, 0.1) is 26.1 Å². The number of aliphatic hydroxyl groups excluding tert-OH is 1. The lowest BCUT2D eigenvalue weighted by molar-refractivity contribution is -0.515. The van der Waals surface area contributed by atoms with Crippen molar-refractivity contribution in [3.8, 4) is 0 Å². The Labute approximate surface area is 204 Å². The molecule has 0 aliphatic heterocycles. The van der Waals surface area contributed by atoms with E-state index < -0.39 is 22.3 Å². The van der Waals surface area contributed by atoms with Gasteiger partial charge in [0.1, 0.15) is 0 Å². The highest BCUT2D eigenvalue weighted by Gasteiger charge is 2.36. The van der Waals surface area contributed by atoms with Gasteiger partial charge < -0.3 is 15.2 Å². The van der Waals surface area contributed by atoms with Gasteiger partial charge in [0.15, 0.2) is 0 Å². The van der Waals surface area contributed by atoms with Crippen LogP contribution in [-0.2, 0) is 17.6 Å². The lowest BCUT2D eigenvalue weighted by Gasteiger charge is -2.22. The van der Waals surface area contributed by atoms with E-state index >= 15 is 0 Å². The molecule has 3 aliphatic rings. The molecule has 3 unspecified atom stereocenters. The fourth-order valence-electron chi connectivity index (χ4n) is 5.11. The Morgan fingerprint density at radius 3 is 2.66 bits per heavy atom. The Hall–Kier alpha value is -3.30. The molecule has 2 N–H and O–H groups in total. The largest absolute Gasteiger partial charge is 0.351 e. The minimum Gasteiger partial charge on any atom is -0.351 e. The standard InChI is InChI=1S/C26H31N3O6/c1-2-23-24(28(31)32)14-21(15-25(23)29(33)34)16-35-26(30)27-22-12-19-8-6-17-4-3-5-18(10-17)7-9-20(11-19)13-22/h3-4,10-14,18,25-27,30H,2,5-9,15-16H2,1H3. The Morgan fingerprint density at radius 1 is 1.17 bits per heavy atom. The molecule has 0 aromatic heterocycles. The zero-order valence-electron chi connectivity index (χ0n) is 19.8. The van der Waals surface area contributed by atoms with Crippen molar-refractivity contribution < 1.29 is 19.7 Å². The topological polar surface area (TPSA) is 128 Å². The molecule has 4 bridgehead atoms. The molecular formula is C26H31N3O6. The van der Waals surface area contributed by atoms with Crippen molar-refractivity contribution in [2.24, 2.45) is 5.92 Å². The third kappa shape index (κ3) is 6.23. The van der Waals surface area contributed by atoms with Crippen molar-refractivity contribution in [3.05, 3.63) is 96.3 Å². The summed E-state index contributed by atoms with van der Waals surface area (Å²) in [5.74, 6) is 0.556. The Balaban J connectivity index is 1.42. The molecule has 0 fully saturated rings. The van der Waals surface area contributed by atoms with E-state index in [0.29, 0.717) is 11.5 Å². The summed E-state index contributed by atoms with van der Waals surface area (Å²) in [7, 11) is 0. The molecule has 3 aliphatic carbocycles. The van der Waals surface area contributed by atoms with Gasteiger partial charge in [-0.15, -0.1) is 0 Å². The fraction of sp³-hybridized carbons (Fsp3) is 0.462. The van der Waals surface area contributed by atoms with Gasteiger partial charge in [-0.25, -0.2) is 0 Å². The lowest BCUT2D eigenvalue weighted by Crippen LogP contribution is -2.30. The first-order valence-corrected chi connectivity index (χ1v) is 12.1. The van der Waals surface area contributed by atoms with Crippen molar-refractivity contribution in [2.75, 3.05) is 11.9 Å². The summed E-state index contributed by atoms with van der Waals surface area (Å²) >= 11 is 0. The van der Waals surface area contributed by atoms with Crippen LogP contribution >= 0.6 is 0 Å². The highest BCUT2D eigenvalue weighted by molar-refractivity contribution is 5.49. The van der Waals surface area contributed by atoms with E-state index in [2.05, 4.69) is 29.6 Å². The van der Waals surface area contributed by atoms with E-state index in [9.17, 15) is 25.3 Å². The zero-order chi connectivity index (χ0) is 24.9. The molecule has 0 saturated heterocycles. The monoisotopic (exact) mass is 481 g/mol. The van der Waals surface area contributed by atoms with Crippen molar-refractivity contribution >= 4 is 5.69 Å². The second-order valence-electron chi connectivity index (χ2n) is 9.35. The maximum Gasteiger partial charge on any atom is 0.275 e. The summed E-state index contributed by atoms with van der Waals surface area (Å²) in [5, 5.41) is 36.3. The Morgan fingerprint density at radius 2 is 1.94 bits per heavy atom. The number of aliphatic hydroxyl groups is 1. The number of anilines is 1. The maximum absolute atomic E-state index is 11.5. The molecule has 9 heteroatoms. The van der Waals surface area contributed by atoms with Gasteiger partial charge in [0.05, 0.1) is 17.1 Å². The highest BCUT2D eigenvalue weighted by Crippen LogP contribution is 2.30. The molecule has 0 spiro atoms. The van der Waals surface area contributed by atoms with Gasteiger partial charge in [-0.05, 0) is 73.3 Å². The van der Waals surface area contributed by atoms with E-state index in [0.717, 1.165) is 37.8 Å². The summed E-state index contributed by atoms with van der Waals surface area (Å²) in [6, 6.07) is 5.05. The number of nitro groups is 2. The SMILES string of the molecule is CCC1=C([N+](=O)[O-])C=C(COC(O)Nc2cc3cc(c2)CCC2C=C(C=CC2)CC3)CC1[N+](=O)[O-]. The smallest absolute Gasteiger partial charge is 0.275 e. The van der Waals surface area contributed by atoms with Gasteiger partial charge in [-0.2, -0.15) is 0 Å². The molecule has 0 amide bonds. The number of aryl methyl sites for hydroxylation is 2. The van der Waals surface area contributed by atoms with Gasteiger partial charge in [0, 0.05) is 23.1 Å². The third-order valence-corrected chi connectivity index (χ3v) is 6.86. The molecule has 35 heavy (non-hydrogen) atoms. The van der Waals surface area contributed by atoms with E-state index in [1.165, 1.54) is 22.8 Å². The Kier molecular flexibility index (Phi) is 7.77. The molecule has 186 valence electrons. The molecule has 3 atom stereocenters. The minimum absolute atomic E-state index is 0.0192. The first-order valence-electron chi connectivity index (χ1n) is 12.1. The maximum atomic E-state index is 11.5. The van der Waals surface area contributed by atoms with E-state index in [4.69, 9.17) is 4.74 Å². The molecular weight excluding hydrogens is 450 g/mol. The molecule has 0 saturated carbocycles. The summed E-state index contributed by atoms with van der Waals surface area (Å²) in [4.78, 5) is 21.8. The number of nitrogens with zero attached hydrogens (tertiary/aromatic N) is 2. The van der Waals surface area contributed by atoms with Crippen molar-refractivity contribution in [3.63, 3.8) is 0 Å². The normalized spacial score (nSPS) is 22.7. The van der Waals surface area contributed by atoms with Crippen LogP contribution in [0.1, 0.15) is 50.2 Å². The third-order valence-electron chi connectivity index (χ3n) is 6.86. The number of nitrogens with one attached hydrogen (secondary N) is 1. The second-order valence-corrected chi connectivity index (χ2v) is 9.35. The number of ether oxygens (including phenoxy) is 1. The van der Waals surface area contributed by atoms with Crippen molar-refractivity contribution in [1.82, 2.24) is 0 Å². The highest BCUT2D eigenvalue weighted by atomic mass is 16.6. The number of rotatable bonds is 8. The molecule has 1 aromatic carbocycles. The summed E-state index contributed by atoms with van der Waals surface area (Å²) in [5.41, 5.74) is 4.83. The van der Waals surface area contributed by atoms with Crippen LogP contribution in [0.25, 0.3) is 0 Å². The van der Waals surface area contributed by atoms with Crippen LogP contribution in [0.2, 0.25) is 0 Å². The van der Waals surface area contributed by atoms with Crippen LogP contribution in [0.4, 0.5) is 5.69 Å². The first kappa shape index (κ1) is 24.8. The van der Waals surface area contributed by atoms with Gasteiger partial charge in [-0.3, -0.25) is 20.2 Å². The summed E-state index contributed by atoms with van der Waals surface area (Å²) < 4.78 is 5.49. The van der Waals surface area contributed by atoms with E-state index in [1.807, 2.05) is 12.1 Å². The van der Waals surface area contributed by atoms with Crippen LogP contribution in [0.15, 0.2) is 64.9 Å². The fourth-order valence-corrected chi connectivity index (χ4v) is 5.11. The van der Waals surface area contributed by atoms with E-state index in [-0.39, 0.29) is 30.7 Å². The van der Waals surface area contributed by atoms with Crippen LogP contribution in [0.3, 0.4) is 0 Å². The molecule has 0 heterocycles. The first-order chi connectivity index (χ1) is 16.8. The summed E-state index contributed by atoms with van der Waals surface area (Å²) in [6.07, 6.45) is 12.0. The molecule has 4 rings (SSSR count). The van der Waals surface area contributed by atoms with Crippen molar-refractivity contribution in [2.45, 2.75) is 64.3 Å². The van der Waals surface area contributed by atoms with Gasteiger partial charge in [-0.1, -0.05) is 36.8 Å². The minimum atomic E-state index is -1.36. The van der Waals surface area contributed by atoms with Crippen molar-refractivity contribution in [1.29, 1.82) is 0 Å². The van der Waals surface area contributed by atoms with Gasteiger partial charge >= 0.3 is 0 Å². The number of allylic oxidation sites excluding steroid dienone is 5. The number of hydrogen-bond acceptors (Lipinski definition) is 7. The Bertz CT molecular complexity index is 1120. The predicted octanol–water partition coefficient (Wildman–Crippen LogP) is 4.69. The lowest BCUT2D eigenvalue weighted by atomic mass is 9.87.